The summed E-state index contributed by atoms with van der Waals surface area (Å²) in [5, 5.41) is 17.4. The molecule has 0 saturated carbocycles. The van der Waals surface area contributed by atoms with Gasteiger partial charge in [0.15, 0.2) is 11.5 Å². The van der Waals surface area contributed by atoms with Gasteiger partial charge in [0, 0.05) is 26.7 Å². The summed E-state index contributed by atoms with van der Waals surface area (Å²) in [4.78, 5) is 27.8. The summed E-state index contributed by atoms with van der Waals surface area (Å²) >= 11 is 0. The number of hydrogen-bond donors (Lipinski definition) is 4. The topological polar surface area (TPSA) is 135 Å². The molecule has 42 heavy (non-hydrogen) atoms. The fourth-order valence-electron chi connectivity index (χ4n) is 5.45. The highest BCUT2D eigenvalue weighted by Crippen LogP contribution is 2.31. The predicted octanol–water partition coefficient (Wildman–Crippen LogP) is 2.75. The first-order valence-electron chi connectivity index (χ1n) is 15.6. The van der Waals surface area contributed by atoms with E-state index in [9.17, 15) is 14.7 Å². The second-order valence-corrected chi connectivity index (χ2v) is 12.2. The first-order valence-corrected chi connectivity index (χ1v) is 15.6. The van der Waals surface area contributed by atoms with Crippen molar-refractivity contribution in [2.24, 2.45) is 23.5 Å². The Hall–Kier alpha value is -2.40. The molecule has 0 aliphatic carbocycles. The van der Waals surface area contributed by atoms with E-state index in [1.165, 1.54) is 6.42 Å². The lowest BCUT2D eigenvalue weighted by Gasteiger charge is -2.35. The number of benzene rings is 1. The maximum Gasteiger partial charge on any atom is 0.243 e. The number of aliphatic hydroxyl groups excluding tert-OH is 1. The molecule has 1 aliphatic rings. The highest BCUT2D eigenvalue weighted by Gasteiger charge is 2.32. The molecule has 1 heterocycles. The summed E-state index contributed by atoms with van der Waals surface area (Å²) in [7, 11) is 3.30. The Kier molecular flexibility index (Phi) is 16.2. The van der Waals surface area contributed by atoms with E-state index in [-0.39, 0.29) is 36.1 Å². The van der Waals surface area contributed by atoms with Gasteiger partial charge in [-0.3, -0.25) is 9.59 Å². The monoisotopic (exact) mass is 592 g/mol. The fraction of sp³-hybridized carbons (Fsp3) is 0.750. The Balaban J connectivity index is 2.25. The normalized spacial score (nSPS) is 17.0. The Morgan fingerprint density at radius 3 is 2.31 bits per heavy atom. The molecular formula is C32H56N4O6. The van der Waals surface area contributed by atoms with E-state index in [1.54, 1.807) is 14.2 Å². The van der Waals surface area contributed by atoms with E-state index in [2.05, 4.69) is 29.4 Å². The van der Waals surface area contributed by atoms with Crippen molar-refractivity contribution in [1.29, 1.82) is 0 Å². The molecule has 2 amide bonds. The Morgan fingerprint density at radius 2 is 1.71 bits per heavy atom. The molecule has 0 aromatic heterocycles. The van der Waals surface area contributed by atoms with Gasteiger partial charge in [-0.2, -0.15) is 0 Å². The zero-order valence-corrected chi connectivity index (χ0v) is 26.7. The molecule has 240 valence electrons. The van der Waals surface area contributed by atoms with Gasteiger partial charge < -0.3 is 40.6 Å². The minimum Gasteiger partial charge on any atom is -0.493 e. The third-order valence-corrected chi connectivity index (χ3v) is 8.11. The second-order valence-electron chi connectivity index (χ2n) is 12.2. The molecule has 1 saturated heterocycles. The first-order chi connectivity index (χ1) is 20.1. The van der Waals surface area contributed by atoms with Gasteiger partial charge in [-0.25, -0.2) is 0 Å². The summed E-state index contributed by atoms with van der Waals surface area (Å²) in [6.07, 6.45) is 4.80. The number of carbonyl (C=O) groups is 2. The molecule has 1 fully saturated rings. The zero-order valence-electron chi connectivity index (χ0n) is 26.7. The summed E-state index contributed by atoms with van der Waals surface area (Å²) in [5.41, 5.74) is 6.60. The van der Waals surface area contributed by atoms with Gasteiger partial charge >= 0.3 is 0 Å². The summed E-state index contributed by atoms with van der Waals surface area (Å²) in [6, 6.07) is 4.78. The van der Waals surface area contributed by atoms with Crippen LogP contribution in [-0.4, -0.2) is 93.6 Å². The van der Waals surface area contributed by atoms with Crippen LogP contribution in [0.4, 0.5) is 0 Å². The van der Waals surface area contributed by atoms with Gasteiger partial charge in [-0.15, -0.1) is 0 Å². The number of β-amino-alcohol motifs (C(OH)–C–C–N with tert-alkyl or cyclic N) is 1. The predicted molar refractivity (Wildman–Crippen MR) is 166 cm³/mol. The van der Waals surface area contributed by atoms with Gasteiger partial charge in [-0.05, 0) is 74.2 Å². The maximum absolute atomic E-state index is 13.5. The number of ether oxygens (including phenoxy) is 3. The number of piperidine rings is 1. The SMILES string of the molecule is COCCCOc1cc(C[C@H](C[C@H](NC(=O)[C@@H](NC(=O)CN)C(C)C)[C@@H](O)CN2CCCCC2)C(C)C)ccc1OC. The lowest BCUT2D eigenvalue weighted by Crippen LogP contribution is -2.57. The third-order valence-electron chi connectivity index (χ3n) is 8.11. The van der Waals surface area contributed by atoms with Gasteiger partial charge in [0.05, 0.1) is 32.4 Å². The standard InChI is InChI=1S/C32H56N4O6/c1-22(2)25(17-24-11-12-28(41-6)29(18-24)42-16-10-15-40-5)19-26(27(37)21-36-13-8-7-9-14-36)34-32(39)31(23(3)4)35-30(38)20-33/h11-12,18,22-23,25-27,31,37H,7-10,13-17,19-21,33H2,1-6H3,(H,34,39)(H,35,38)/t25-,26+,27+,31+/m1/s1. The van der Waals surface area contributed by atoms with Crippen molar-refractivity contribution >= 4 is 11.8 Å². The number of nitrogens with two attached hydrogens (primary N) is 1. The molecule has 0 spiro atoms. The van der Waals surface area contributed by atoms with Gasteiger partial charge in [0.1, 0.15) is 6.04 Å². The highest BCUT2D eigenvalue weighted by molar-refractivity contribution is 5.88. The van der Waals surface area contributed by atoms with Crippen LogP contribution in [-0.2, 0) is 20.7 Å². The molecule has 0 bridgehead atoms. The largest absolute Gasteiger partial charge is 0.493 e. The van der Waals surface area contributed by atoms with Crippen molar-refractivity contribution in [3.05, 3.63) is 23.8 Å². The van der Waals surface area contributed by atoms with Crippen molar-refractivity contribution in [2.75, 3.05) is 53.6 Å². The summed E-state index contributed by atoms with van der Waals surface area (Å²) in [5.74, 6) is 1.01. The van der Waals surface area contributed by atoms with E-state index in [0.717, 1.165) is 44.3 Å². The summed E-state index contributed by atoms with van der Waals surface area (Å²) < 4.78 is 16.7. The molecule has 1 aliphatic heterocycles. The van der Waals surface area contributed by atoms with Crippen LogP contribution < -0.4 is 25.8 Å². The van der Waals surface area contributed by atoms with E-state index >= 15 is 0 Å². The minimum atomic E-state index is -0.748. The highest BCUT2D eigenvalue weighted by atomic mass is 16.5. The number of methoxy groups -OCH3 is 2. The van der Waals surface area contributed by atoms with E-state index < -0.39 is 18.2 Å². The molecule has 10 heteroatoms. The number of aliphatic hydroxyl groups is 1. The molecule has 10 nitrogen and oxygen atoms in total. The Labute approximate surface area is 253 Å². The number of amides is 2. The quantitative estimate of drug-likeness (QED) is 0.180. The molecule has 5 N–H and O–H groups in total. The maximum atomic E-state index is 13.5. The van der Waals surface area contributed by atoms with E-state index in [4.69, 9.17) is 19.9 Å². The number of hydrogen-bond acceptors (Lipinski definition) is 8. The molecule has 1 aromatic rings. The van der Waals surface area contributed by atoms with E-state index in [0.29, 0.717) is 37.7 Å². The third kappa shape index (κ3) is 12.1. The van der Waals surface area contributed by atoms with Crippen LogP contribution in [0.25, 0.3) is 0 Å². The average Bonchev–Trinajstić information content (AvgIpc) is 2.97. The molecular weight excluding hydrogens is 536 g/mol. The molecule has 0 radical (unpaired) electrons. The number of rotatable bonds is 19. The van der Waals surface area contributed by atoms with Gasteiger partial charge in [0.2, 0.25) is 11.8 Å². The van der Waals surface area contributed by atoms with Crippen molar-refractivity contribution in [3.8, 4) is 11.5 Å². The van der Waals surface area contributed by atoms with Crippen molar-refractivity contribution in [2.45, 2.75) is 84.4 Å². The van der Waals surface area contributed by atoms with Crippen LogP contribution in [0, 0.1) is 17.8 Å². The van der Waals surface area contributed by atoms with Crippen molar-refractivity contribution < 1.29 is 28.9 Å². The number of likely N-dealkylation sites (tertiary alicyclic amines) is 1. The molecule has 4 atom stereocenters. The zero-order chi connectivity index (χ0) is 31.1. The van der Waals surface area contributed by atoms with Gasteiger partial charge in [-0.1, -0.05) is 40.2 Å². The summed E-state index contributed by atoms with van der Waals surface area (Å²) in [6.45, 7) is 11.5. The minimum absolute atomic E-state index is 0.136. The number of carbonyl (C=O) groups excluding carboxylic acids is 2. The van der Waals surface area contributed by atoms with Crippen LogP contribution in [0.1, 0.15) is 65.4 Å². The van der Waals surface area contributed by atoms with Crippen LogP contribution in [0.15, 0.2) is 18.2 Å². The van der Waals surface area contributed by atoms with Crippen LogP contribution in [0.2, 0.25) is 0 Å². The van der Waals surface area contributed by atoms with Crippen LogP contribution >= 0.6 is 0 Å². The molecule has 2 rings (SSSR count). The van der Waals surface area contributed by atoms with Crippen LogP contribution in [0.5, 0.6) is 11.5 Å². The van der Waals surface area contributed by atoms with Crippen molar-refractivity contribution in [1.82, 2.24) is 15.5 Å². The molecule has 1 aromatic carbocycles. The van der Waals surface area contributed by atoms with Crippen molar-refractivity contribution in [3.63, 3.8) is 0 Å². The van der Waals surface area contributed by atoms with Crippen LogP contribution in [0.3, 0.4) is 0 Å². The van der Waals surface area contributed by atoms with E-state index in [1.807, 2.05) is 32.0 Å². The average molecular weight is 593 g/mol. The molecule has 0 unspecified atom stereocenters. The number of nitrogens with one attached hydrogen (secondary N) is 2. The lowest BCUT2D eigenvalue weighted by atomic mass is 9.82. The van der Waals surface area contributed by atoms with Gasteiger partial charge in [0.25, 0.3) is 0 Å². The Morgan fingerprint density at radius 1 is 1.00 bits per heavy atom. The fourth-order valence-corrected chi connectivity index (χ4v) is 5.45. The Bertz CT molecular complexity index is 938. The first kappa shape index (κ1) is 35.8. The number of nitrogens with zero attached hydrogens (tertiary/aromatic N) is 1. The smallest absolute Gasteiger partial charge is 0.243 e. The lowest BCUT2D eigenvalue weighted by molar-refractivity contribution is -0.130. The second kappa shape index (κ2) is 19.0.